The maximum atomic E-state index is 10.6. The molecule has 1 aromatic rings. The first-order chi connectivity index (χ1) is 7.63. The standard InChI is InChI=1S/C13H17NO2/c1-10-8-12(9-15)5-6-13(10)4-3-7-14-11(2)16/h3-6,8,15H,7,9H2,1-2H3,(H,14,16). The molecule has 0 spiro atoms. The molecule has 0 bridgehead atoms. The van der Waals surface area contributed by atoms with Gasteiger partial charge < -0.3 is 10.4 Å². The van der Waals surface area contributed by atoms with Gasteiger partial charge in [-0.1, -0.05) is 30.4 Å². The zero-order chi connectivity index (χ0) is 12.0. The molecule has 86 valence electrons. The average Bonchev–Trinajstić information content (AvgIpc) is 2.25. The number of hydrogen-bond acceptors (Lipinski definition) is 2. The first-order valence-electron chi connectivity index (χ1n) is 5.25. The van der Waals surface area contributed by atoms with E-state index in [4.69, 9.17) is 5.11 Å². The molecule has 0 aliphatic heterocycles. The number of rotatable bonds is 4. The van der Waals surface area contributed by atoms with Crippen LogP contribution in [0.5, 0.6) is 0 Å². The number of benzene rings is 1. The molecular weight excluding hydrogens is 202 g/mol. The summed E-state index contributed by atoms with van der Waals surface area (Å²) in [4.78, 5) is 10.6. The molecule has 0 aromatic heterocycles. The third-order valence-electron chi connectivity index (χ3n) is 2.28. The van der Waals surface area contributed by atoms with Crippen molar-refractivity contribution in [2.24, 2.45) is 0 Å². The van der Waals surface area contributed by atoms with E-state index in [2.05, 4.69) is 5.32 Å². The zero-order valence-electron chi connectivity index (χ0n) is 9.66. The van der Waals surface area contributed by atoms with Gasteiger partial charge in [-0.3, -0.25) is 4.79 Å². The molecule has 0 aliphatic carbocycles. The number of hydrogen-bond donors (Lipinski definition) is 2. The Morgan fingerprint density at radius 1 is 1.50 bits per heavy atom. The molecule has 0 aliphatic rings. The van der Waals surface area contributed by atoms with Crippen molar-refractivity contribution < 1.29 is 9.90 Å². The zero-order valence-corrected chi connectivity index (χ0v) is 9.66. The molecule has 0 saturated carbocycles. The molecule has 0 atom stereocenters. The molecule has 0 radical (unpaired) electrons. The van der Waals surface area contributed by atoms with Crippen LogP contribution in [0.2, 0.25) is 0 Å². The fourth-order valence-electron chi connectivity index (χ4n) is 1.41. The quantitative estimate of drug-likeness (QED) is 0.808. The lowest BCUT2D eigenvalue weighted by molar-refractivity contribution is -0.118. The van der Waals surface area contributed by atoms with Gasteiger partial charge in [0.15, 0.2) is 0 Å². The summed E-state index contributed by atoms with van der Waals surface area (Å²) in [5.74, 6) is -0.0306. The minimum absolute atomic E-state index is 0.0306. The van der Waals surface area contributed by atoms with Crippen LogP contribution in [-0.4, -0.2) is 17.6 Å². The average molecular weight is 219 g/mol. The van der Waals surface area contributed by atoms with E-state index in [0.29, 0.717) is 6.54 Å². The van der Waals surface area contributed by atoms with Crippen LogP contribution in [0.25, 0.3) is 6.08 Å². The second-order valence-electron chi connectivity index (χ2n) is 3.69. The topological polar surface area (TPSA) is 49.3 Å². The molecule has 1 aromatic carbocycles. The van der Waals surface area contributed by atoms with Gasteiger partial charge in [0.2, 0.25) is 5.91 Å². The normalized spacial score (nSPS) is 10.7. The van der Waals surface area contributed by atoms with Crippen LogP contribution in [0, 0.1) is 6.92 Å². The third-order valence-corrected chi connectivity index (χ3v) is 2.28. The Balaban J connectivity index is 2.63. The molecule has 1 amide bonds. The Kier molecular flexibility index (Phi) is 4.73. The number of carbonyl (C=O) groups is 1. The summed E-state index contributed by atoms with van der Waals surface area (Å²) in [6.45, 7) is 4.10. The molecule has 2 N–H and O–H groups in total. The van der Waals surface area contributed by atoms with E-state index in [1.165, 1.54) is 6.92 Å². The summed E-state index contributed by atoms with van der Waals surface area (Å²) in [5.41, 5.74) is 3.13. The number of carbonyl (C=O) groups excluding carboxylic acids is 1. The Hall–Kier alpha value is -1.61. The van der Waals surface area contributed by atoms with Gasteiger partial charge in [-0.15, -0.1) is 0 Å². The summed E-state index contributed by atoms with van der Waals surface area (Å²) in [6.07, 6.45) is 3.87. The predicted molar refractivity (Wildman–Crippen MR) is 64.8 cm³/mol. The highest BCUT2D eigenvalue weighted by Gasteiger charge is 1.96. The fraction of sp³-hybridized carbons (Fsp3) is 0.308. The van der Waals surface area contributed by atoms with Gasteiger partial charge in [0, 0.05) is 13.5 Å². The van der Waals surface area contributed by atoms with Gasteiger partial charge in [0.25, 0.3) is 0 Å². The van der Waals surface area contributed by atoms with Crippen molar-refractivity contribution in [2.75, 3.05) is 6.54 Å². The van der Waals surface area contributed by atoms with Crippen LogP contribution in [0.1, 0.15) is 23.6 Å². The summed E-state index contributed by atoms with van der Waals surface area (Å²) in [7, 11) is 0. The molecule has 0 saturated heterocycles. The van der Waals surface area contributed by atoms with E-state index >= 15 is 0 Å². The van der Waals surface area contributed by atoms with E-state index in [-0.39, 0.29) is 12.5 Å². The van der Waals surface area contributed by atoms with Crippen molar-refractivity contribution in [3.8, 4) is 0 Å². The highest BCUT2D eigenvalue weighted by molar-refractivity contribution is 5.73. The van der Waals surface area contributed by atoms with Crippen molar-refractivity contribution in [2.45, 2.75) is 20.5 Å². The number of aliphatic hydroxyl groups is 1. The molecule has 3 nitrogen and oxygen atoms in total. The summed E-state index contributed by atoms with van der Waals surface area (Å²) in [6, 6.07) is 5.81. The van der Waals surface area contributed by atoms with Crippen LogP contribution in [-0.2, 0) is 11.4 Å². The monoisotopic (exact) mass is 219 g/mol. The van der Waals surface area contributed by atoms with Crippen LogP contribution < -0.4 is 5.32 Å². The SMILES string of the molecule is CC(=O)NCC=Cc1ccc(CO)cc1C. The lowest BCUT2D eigenvalue weighted by atomic mass is 10.1. The molecule has 3 heteroatoms. The molecule has 16 heavy (non-hydrogen) atoms. The van der Waals surface area contributed by atoms with Crippen LogP contribution in [0.15, 0.2) is 24.3 Å². The van der Waals surface area contributed by atoms with E-state index in [1.807, 2.05) is 37.3 Å². The predicted octanol–water partition coefficient (Wildman–Crippen LogP) is 1.64. The molecule has 0 unspecified atom stereocenters. The Morgan fingerprint density at radius 3 is 2.81 bits per heavy atom. The lowest BCUT2D eigenvalue weighted by Crippen LogP contribution is -2.19. The minimum atomic E-state index is -0.0306. The molecular formula is C13H17NO2. The number of aryl methyl sites for hydroxylation is 1. The summed E-state index contributed by atoms with van der Waals surface area (Å²) < 4.78 is 0. The van der Waals surface area contributed by atoms with E-state index in [1.54, 1.807) is 0 Å². The number of nitrogens with one attached hydrogen (secondary N) is 1. The first kappa shape index (κ1) is 12.5. The second-order valence-corrected chi connectivity index (χ2v) is 3.69. The molecule has 1 rings (SSSR count). The first-order valence-corrected chi connectivity index (χ1v) is 5.25. The van der Waals surface area contributed by atoms with Crippen molar-refractivity contribution in [3.63, 3.8) is 0 Å². The van der Waals surface area contributed by atoms with E-state index in [0.717, 1.165) is 16.7 Å². The number of amides is 1. The maximum absolute atomic E-state index is 10.6. The second kappa shape index (κ2) is 6.08. The lowest BCUT2D eigenvalue weighted by Gasteiger charge is -2.03. The van der Waals surface area contributed by atoms with Gasteiger partial charge in [-0.25, -0.2) is 0 Å². The van der Waals surface area contributed by atoms with Crippen molar-refractivity contribution in [1.29, 1.82) is 0 Å². The fourth-order valence-corrected chi connectivity index (χ4v) is 1.41. The van der Waals surface area contributed by atoms with Crippen LogP contribution >= 0.6 is 0 Å². The van der Waals surface area contributed by atoms with Gasteiger partial charge in [0.1, 0.15) is 0 Å². The van der Waals surface area contributed by atoms with Gasteiger partial charge in [-0.05, 0) is 23.6 Å². The Labute approximate surface area is 95.8 Å². The van der Waals surface area contributed by atoms with Gasteiger partial charge in [-0.2, -0.15) is 0 Å². The Morgan fingerprint density at radius 2 is 2.25 bits per heavy atom. The maximum Gasteiger partial charge on any atom is 0.217 e. The van der Waals surface area contributed by atoms with E-state index in [9.17, 15) is 4.79 Å². The van der Waals surface area contributed by atoms with E-state index < -0.39 is 0 Å². The van der Waals surface area contributed by atoms with Crippen LogP contribution in [0.4, 0.5) is 0 Å². The minimum Gasteiger partial charge on any atom is -0.392 e. The third kappa shape index (κ3) is 3.87. The van der Waals surface area contributed by atoms with Crippen molar-refractivity contribution in [1.82, 2.24) is 5.32 Å². The summed E-state index contributed by atoms with van der Waals surface area (Å²) in [5, 5.41) is 11.7. The smallest absolute Gasteiger partial charge is 0.217 e. The highest BCUT2D eigenvalue weighted by Crippen LogP contribution is 2.12. The van der Waals surface area contributed by atoms with Crippen molar-refractivity contribution in [3.05, 3.63) is 41.0 Å². The van der Waals surface area contributed by atoms with Crippen LogP contribution in [0.3, 0.4) is 0 Å². The molecule has 0 heterocycles. The van der Waals surface area contributed by atoms with Gasteiger partial charge in [0.05, 0.1) is 6.61 Å². The van der Waals surface area contributed by atoms with Crippen molar-refractivity contribution >= 4 is 12.0 Å². The summed E-state index contributed by atoms with van der Waals surface area (Å²) >= 11 is 0. The largest absolute Gasteiger partial charge is 0.392 e. The Bertz CT molecular complexity index is 397. The highest BCUT2D eigenvalue weighted by atomic mass is 16.3. The molecule has 0 fully saturated rings. The van der Waals surface area contributed by atoms with Gasteiger partial charge >= 0.3 is 0 Å². The number of aliphatic hydroxyl groups excluding tert-OH is 1.